The Labute approximate surface area is 168 Å². The molecule has 1 aromatic heterocycles. The van der Waals surface area contributed by atoms with Gasteiger partial charge in [0.25, 0.3) is 10.0 Å². The second kappa shape index (κ2) is 7.98. The molecular weight excluding hydrogens is 435 g/mol. The summed E-state index contributed by atoms with van der Waals surface area (Å²) < 4.78 is 68.1. The van der Waals surface area contributed by atoms with E-state index in [1.165, 1.54) is 22.2 Å². The number of aromatic nitrogens is 1. The van der Waals surface area contributed by atoms with Gasteiger partial charge in [-0.2, -0.15) is 0 Å². The van der Waals surface area contributed by atoms with Gasteiger partial charge >= 0.3 is 0 Å². The molecule has 0 amide bonds. The fourth-order valence-electron chi connectivity index (χ4n) is 2.44. The van der Waals surface area contributed by atoms with E-state index in [2.05, 4.69) is 15.0 Å². The standard InChI is InChI=1S/C17H13ClF3N3O2S2/c1-9(10-2-11(19)4-12(20)3-10)23-15-6-14(21)16(5-13(15)18)28(25,26)24-17-7-27-8-22-17/h2-9,23-24H,1H3. The number of nitrogens with one attached hydrogen (secondary N) is 2. The molecule has 1 unspecified atom stereocenters. The topological polar surface area (TPSA) is 71.1 Å². The molecule has 0 saturated heterocycles. The maximum absolute atomic E-state index is 14.5. The van der Waals surface area contributed by atoms with Crippen LogP contribution in [0.3, 0.4) is 0 Å². The molecule has 2 N–H and O–H groups in total. The van der Waals surface area contributed by atoms with E-state index < -0.39 is 38.4 Å². The van der Waals surface area contributed by atoms with Crippen molar-refractivity contribution in [3.63, 3.8) is 0 Å². The molecule has 3 rings (SSSR count). The second-order valence-corrected chi connectivity index (χ2v) is 8.59. The van der Waals surface area contributed by atoms with Crippen LogP contribution in [0, 0.1) is 17.5 Å². The van der Waals surface area contributed by atoms with Crippen molar-refractivity contribution in [3.05, 3.63) is 69.3 Å². The Kier molecular flexibility index (Phi) is 5.82. The van der Waals surface area contributed by atoms with E-state index in [0.29, 0.717) is 0 Å². The fourth-order valence-corrected chi connectivity index (χ4v) is 4.37. The molecule has 28 heavy (non-hydrogen) atoms. The molecule has 1 heterocycles. The Hall–Kier alpha value is -2.30. The van der Waals surface area contributed by atoms with Crippen molar-refractivity contribution in [2.24, 2.45) is 0 Å². The minimum absolute atomic E-state index is 0.0597. The average molecular weight is 448 g/mol. The number of nitrogens with zero attached hydrogens (tertiary/aromatic N) is 1. The zero-order valence-corrected chi connectivity index (χ0v) is 16.6. The predicted octanol–water partition coefficient (Wildman–Crippen LogP) is 5.19. The van der Waals surface area contributed by atoms with Gasteiger partial charge in [-0.05, 0) is 36.8 Å². The molecule has 0 spiro atoms. The van der Waals surface area contributed by atoms with Gasteiger partial charge in [0.05, 0.1) is 16.2 Å². The Morgan fingerprint density at radius 1 is 1.11 bits per heavy atom. The highest BCUT2D eigenvalue weighted by Gasteiger charge is 2.23. The van der Waals surface area contributed by atoms with Gasteiger partial charge in [-0.3, -0.25) is 4.72 Å². The van der Waals surface area contributed by atoms with Crippen LogP contribution in [0.15, 0.2) is 46.1 Å². The van der Waals surface area contributed by atoms with Gasteiger partial charge < -0.3 is 5.32 Å². The van der Waals surface area contributed by atoms with Gasteiger partial charge in [-0.15, -0.1) is 11.3 Å². The molecule has 0 fully saturated rings. The predicted molar refractivity (Wildman–Crippen MR) is 103 cm³/mol. The van der Waals surface area contributed by atoms with Crippen LogP contribution < -0.4 is 10.0 Å². The summed E-state index contributed by atoms with van der Waals surface area (Å²) in [5.74, 6) is -2.50. The summed E-state index contributed by atoms with van der Waals surface area (Å²) in [6.45, 7) is 1.59. The Balaban J connectivity index is 1.87. The molecule has 2 aromatic carbocycles. The summed E-state index contributed by atoms with van der Waals surface area (Å²) in [4.78, 5) is 3.13. The lowest BCUT2D eigenvalue weighted by atomic mass is 10.1. The lowest BCUT2D eigenvalue weighted by Crippen LogP contribution is -2.15. The number of sulfonamides is 1. The SMILES string of the molecule is CC(Nc1cc(F)c(S(=O)(=O)Nc2cscn2)cc1Cl)c1cc(F)cc(F)c1. The Morgan fingerprint density at radius 3 is 2.39 bits per heavy atom. The molecule has 0 aliphatic rings. The molecule has 148 valence electrons. The van der Waals surface area contributed by atoms with Crippen LogP contribution in [-0.2, 0) is 10.0 Å². The van der Waals surface area contributed by atoms with E-state index in [9.17, 15) is 21.6 Å². The summed E-state index contributed by atoms with van der Waals surface area (Å²) >= 11 is 7.27. The first kappa shape index (κ1) is 20.4. The zero-order valence-electron chi connectivity index (χ0n) is 14.2. The first-order chi connectivity index (χ1) is 13.2. The molecule has 11 heteroatoms. The third kappa shape index (κ3) is 4.57. The highest BCUT2D eigenvalue weighted by atomic mass is 35.5. The summed E-state index contributed by atoms with van der Waals surface area (Å²) in [5.41, 5.74) is 1.77. The largest absolute Gasteiger partial charge is 0.377 e. The smallest absolute Gasteiger partial charge is 0.266 e. The second-order valence-electron chi connectivity index (χ2n) is 5.81. The van der Waals surface area contributed by atoms with Crippen LogP contribution in [0.4, 0.5) is 24.7 Å². The number of hydrogen-bond acceptors (Lipinski definition) is 5. The number of benzene rings is 2. The average Bonchev–Trinajstić information content (AvgIpc) is 3.09. The third-order valence-electron chi connectivity index (χ3n) is 3.74. The molecule has 0 radical (unpaired) electrons. The first-order valence-corrected chi connectivity index (χ1v) is 10.6. The van der Waals surface area contributed by atoms with E-state index >= 15 is 0 Å². The van der Waals surface area contributed by atoms with Crippen LogP contribution >= 0.6 is 22.9 Å². The third-order valence-corrected chi connectivity index (χ3v) is 6.01. The molecule has 5 nitrogen and oxygen atoms in total. The molecular formula is C17H13ClF3N3O2S2. The quantitative estimate of drug-likeness (QED) is 0.545. The maximum Gasteiger partial charge on any atom is 0.266 e. The molecule has 1 atom stereocenters. The van der Waals surface area contributed by atoms with Crippen LogP contribution in [-0.4, -0.2) is 13.4 Å². The zero-order chi connectivity index (χ0) is 20.5. The van der Waals surface area contributed by atoms with Crippen LogP contribution in [0.5, 0.6) is 0 Å². The molecule has 0 aliphatic heterocycles. The lowest BCUT2D eigenvalue weighted by molar-refractivity contribution is 0.569. The van der Waals surface area contributed by atoms with Gasteiger partial charge in [0.1, 0.15) is 22.3 Å². The van der Waals surface area contributed by atoms with Gasteiger partial charge in [0.2, 0.25) is 0 Å². The first-order valence-electron chi connectivity index (χ1n) is 7.78. The van der Waals surface area contributed by atoms with Crippen molar-refractivity contribution in [2.75, 3.05) is 10.0 Å². The Bertz CT molecular complexity index is 1090. The van der Waals surface area contributed by atoms with Crippen LogP contribution in [0.2, 0.25) is 5.02 Å². The van der Waals surface area contributed by atoms with Crippen molar-refractivity contribution in [1.29, 1.82) is 0 Å². The van der Waals surface area contributed by atoms with Crippen molar-refractivity contribution in [1.82, 2.24) is 4.98 Å². The fraction of sp³-hybridized carbons (Fsp3) is 0.118. The molecule has 0 saturated carbocycles. The summed E-state index contributed by atoms with van der Waals surface area (Å²) in [6, 6.07) is 4.22. The van der Waals surface area contributed by atoms with Gasteiger partial charge in [-0.25, -0.2) is 26.6 Å². The number of halogens is 4. The molecule has 3 aromatic rings. The van der Waals surface area contributed by atoms with E-state index in [1.807, 2.05) is 0 Å². The van der Waals surface area contributed by atoms with Crippen LogP contribution in [0.1, 0.15) is 18.5 Å². The normalized spacial score (nSPS) is 12.6. The van der Waals surface area contributed by atoms with Gasteiger partial charge in [0, 0.05) is 17.5 Å². The highest BCUT2D eigenvalue weighted by Crippen LogP contribution is 2.32. The lowest BCUT2D eigenvalue weighted by Gasteiger charge is -2.18. The summed E-state index contributed by atoms with van der Waals surface area (Å²) in [7, 11) is -4.24. The van der Waals surface area contributed by atoms with E-state index in [-0.39, 0.29) is 22.1 Å². The minimum atomic E-state index is -4.24. The van der Waals surface area contributed by atoms with Crippen molar-refractivity contribution >= 4 is 44.5 Å². The van der Waals surface area contributed by atoms with E-state index in [1.54, 1.807) is 6.92 Å². The van der Waals surface area contributed by atoms with Crippen molar-refractivity contribution in [3.8, 4) is 0 Å². The summed E-state index contributed by atoms with van der Waals surface area (Å²) in [6.07, 6.45) is 0. The number of anilines is 2. The van der Waals surface area contributed by atoms with Gasteiger partial charge in [-0.1, -0.05) is 11.6 Å². The molecule has 0 bridgehead atoms. The number of thiazole rings is 1. The minimum Gasteiger partial charge on any atom is -0.377 e. The number of rotatable bonds is 6. The summed E-state index contributed by atoms with van der Waals surface area (Å²) in [5, 5.41) is 4.19. The van der Waals surface area contributed by atoms with Crippen molar-refractivity contribution in [2.45, 2.75) is 17.9 Å². The van der Waals surface area contributed by atoms with E-state index in [0.717, 1.165) is 30.3 Å². The number of hydrogen-bond donors (Lipinski definition) is 2. The monoisotopic (exact) mass is 447 g/mol. The van der Waals surface area contributed by atoms with Crippen LogP contribution in [0.25, 0.3) is 0 Å². The van der Waals surface area contributed by atoms with Crippen molar-refractivity contribution < 1.29 is 21.6 Å². The van der Waals surface area contributed by atoms with E-state index in [4.69, 9.17) is 11.6 Å². The maximum atomic E-state index is 14.5. The molecule has 0 aliphatic carbocycles. The Morgan fingerprint density at radius 2 is 1.79 bits per heavy atom. The highest BCUT2D eigenvalue weighted by molar-refractivity contribution is 7.92. The van der Waals surface area contributed by atoms with Gasteiger partial charge in [0.15, 0.2) is 5.82 Å².